The smallest absolute Gasteiger partial charge is 0.0482 e. The maximum atomic E-state index is 4.02. The molecule has 1 nitrogen and oxygen atoms in total. The van der Waals surface area contributed by atoms with Crippen LogP contribution in [-0.4, -0.2) is 11.4 Å². The molecule has 0 spiro atoms. The van der Waals surface area contributed by atoms with Crippen LogP contribution in [0.5, 0.6) is 0 Å². The summed E-state index contributed by atoms with van der Waals surface area (Å²) >= 11 is 1.74. The number of nitrogens with zero attached hydrogens (tertiary/aromatic N) is 1. The number of rotatable bonds is 0. The van der Waals surface area contributed by atoms with Crippen molar-refractivity contribution in [3.63, 3.8) is 0 Å². The van der Waals surface area contributed by atoms with Crippen LogP contribution in [-0.2, 0) is 0 Å². The second-order valence-corrected chi connectivity index (χ2v) is 4.21. The van der Waals surface area contributed by atoms with Gasteiger partial charge in [0.15, 0.2) is 0 Å². The molecule has 1 aromatic carbocycles. The summed E-state index contributed by atoms with van der Waals surface area (Å²) in [7, 11) is 2.04. The van der Waals surface area contributed by atoms with Crippen molar-refractivity contribution in [1.29, 1.82) is 0 Å². The van der Waals surface area contributed by atoms with Crippen molar-refractivity contribution in [2.75, 3.05) is 7.05 Å². The van der Waals surface area contributed by atoms with E-state index in [2.05, 4.69) is 36.0 Å². The lowest BCUT2D eigenvalue weighted by Gasteiger charge is -2.08. The van der Waals surface area contributed by atoms with Crippen molar-refractivity contribution in [3.8, 4) is 0 Å². The first-order valence-electron chi connectivity index (χ1n) is 3.90. The summed E-state index contributed by atoms with van der Waals surface area (Å²) in [6.45, 7) is 6.13. The molecule has 0 unspecified atom stereocenters. The summed E-state index contributed by atoms with van der Waals surface area (Å²) in [6, 6.07) is 6.48. The quantitative estimate of drug-likeness (QED) is 0.560. The van der Waals surface area contributed by atoms with Crippen molar-refractivity contribution in [2.45, 2.75) is 11.8 Å². The second kappa shape index (κ2) is 2.56. The van der Waals surface area contributed by atoms with Gasteiger partial charge in [0, 0.05) is 23.2 Å². The van der Waals surface area contributed by atoms with Crippen LogP contribution in [0, 0.1) is 6.92 Å². The van der Waals surface area contributed by atoms with E-state index in [0.29, 0.717) is 0 Å². The molecule has 0 bridgehead atoms. The lowest BCUT2D eigenvalue weighted by molar-refractivity contribution is 0.825. The highest BCUT2D eigenvalue weighted by molar-refractivity contribution is 7.97. The van der Waals surface area contributed by atoms with E-state index in [9.17, 15) is 0 Å². The molecule has 1 aliphatic rings. The van der Waals surface area contributed by atoms with E-state index in [-0.39, 0.29) is 0 Å². The Morgan fingerprint density at radius 3 is 2.92 bits per heavy atom. The highest BCUT2D eigenvalue weighted by Gasteiger charge is 2.19. The van der Waals surface area contributed by atoms with E-state index < -0.39 is 0 Å². The van der Waals surface area contributed by atoms with Crippen LogP contribution < -0.4 is 0 Å². The summed E-state index contributed by atoms with van der Waals surface area (Å²) in [5, 5.41) is 0. The summed E-state index contributed by atoms with van der Waals surface area (Å²) in [4.78, 5) is 1.31. The summed E-state index contributed by atoms with van der Waals surface area (Å²) in [5.41, 5.74) is 3.69. The fourth-order valence-electron chi connectivity index (χ4n) is 1.32. The van der Waals surface area contributed by atoms with E-state index in [1.165, 1.54) is 16.0 Å². The van der Waals surface area contributed by atoms with Gasteiger partial charge in [0.1, 0.15) is 0 Å². The van der Waals surface area contributed by atoms with Crippen LogP contribution in [0.15, 0.2) is 29.7 Å². The minimum Gasteiger partial charge on any atom is -0.315 e. The van der Waals surface area contributed by atoms with Gasteiger partial charge in [-0.05, 0) is 31.0 Å². The van der Waals surface area contributed by atoms with Crippen molar-refractivity contribution in [2.24, 2.45) is 0 Å². The maximum Gasteiger partial charge on any atom is 0.0482 e. The molecule has 0 fully saturated rings. The minimum atomic E-state index is 1.11. The van der Waals surface area contributed by atoms with E-state index in [1.807, 2.05) is 7.05 Å². The zero-order chi connectivity index (χ0) is 8.72. The minimum absolute atomic E-state index is 1.11. The molecule has 2 heteroatoms. The first-order chi connectivity index (χ1) is 5.68. The third-order valence-corrected chi connectivity index (χ3v) is 3.11. The molecule has 2 rings (SSSR count). The zero-order valence-electron chi connectivity index (χ0n) is 7.29. The molecule has 0 saturated heterocycles. The predicted molar refractivity (Wildman–Crippen MR) is 53.8 cm³/mol. The van der Waals surface area contributed by atoms with Crippen LogP contribution in [0.1, 0.15) is 11.1 Å². The van der Waals surface area contributed by atoms with E-state index in [1.54, 1.807) is 11.9 Å². The fraction of sp³-hybridized carbons (Fsp3) is 0.200. The molecule has 0 aromatic heterocycles. The fourth-order valence-corrected chi connectivity index (χ4v) is 2.23. The third-order valence-electron chi connectivity index (χ3n) is 2.06. The Labute approximate surface area is 77.2 Å². The Bertz CT molecular complexity index is 344. The first-order valence-corrected chi connectivity index (χ1v) is 4.67. The van der Waals surface area contributed by atoms with Crippen LogP contribution in [0.4, 0.5) is 0 Å². The molecular formula is C10H11NS. The molecule has 0 saturated carbocycles. The Kier molecular flexibility index (Phi) is 1.65. The normalized spacial score (nSPS) is 15.2. The lowest BCUT2D eigenvalue weighted by atomic mass is 10.1. The van der Waals surface area contributed by atoms with Crippen molar-refractivity contribution < 1.29 is 0 Å². The van der Waals surface area contributed by atoms with Crippen LogP contribution in [0.3, 0.4) is 0 Å². The molecule has 1 aliphatic heterocycles. The molecule has 0 radical (unpaired) electrons. The number of benzene rings is 1. The Balaban J connectivity index is 2.56. The van der Waals surface area contributed by atoms with Gasteiger partial charge in [-0.1, -0.05) is 18.2 Å². The SMILES string of the molecule is C=C1c2cc(C)ccc2SN1C. The van der Waals surface area contributed by atoms with Crippen molar-refractivity contribution in [3.05, 3.63) is 35.9 Å². The van der Waals surface area contributed by atoms with Gasteiger partial charge in [0.2, 0.25) is 0 Å². The number of aryl methyl sites for hydroxylation is 1. The van der Waals surface area contributed by atoms with Crippen molar-refractivity contribution in [1.82, 2.24) is 4.31 Å². The third kappa shape index (κ3) is 1.03. The van der Waals surface area contributed by atoms with Crippen LogP contribution in [0.2, 0.25) is 0 Å². The Morgan fingerprint density at radius 1 is 1.42 bits per heavy atom. The van der Waals surface area contributed by atoms with Crippen LogP contribution in [0.25, 0.3) is 5.70 Å². The van der Waals surface area contributed by atoms with Gasteiger partial charge >= 0.3 is 0 Å². The lowest BCUT2D eigenvalue weighted by Crippen LogP contribution is -1.97. The number of fused-ring (bicyclic) bond motifs is 1. The highest BCUT2D eigenvalue weighted by Crippen LogP contribution is 2.41. The topological polar surface area (TPSA) is 3.24 Å². The average molecular weight is 177 g/mol. The molecule has 0 aliphatic carbocycles. The molecule has 1 heterocycles. The Hall–Kier alpha value is -0.890. The van der Waals surface area contributed by atoms with E-state index in [0.717, 1.165) is 5.70 Å². The largest absolute Gasteiger partial charge is 0.315 e. The summed E-state index contributed by atoms with van der Waals surface area (Å²) < 4.78 is 2.10. The molecule has 62 valence electrons. The molecule has 0 N–H and O–H groups in total. The second-order valence-electron chi connectivity index (χ2n) is 3.04. The molecule has 0 amide bonds. The van der Waals surface area contributed by atoms with Gasteiger partial charge in [0.25, 0.3) is 0 Å². The van der Waals surface area contributed by atoms with E-state index in [4.69, 9.17) is 0 Å². The van der Waals surface area contributed by atoms with Gasteiger partial charge in [-0.3, -0.25) is 0 Å². The Morgan fingerprint density at radius 2 is 2.17 bits per heavy atom. The van der Waals surface area contributed by atoms with Gasteiger partial charge in [0.05, 0.1) is 0 Å². The predicted octanol–water partition coefficient (Wildman–Crippen LogP) is 2.92. The molecule has 12 heavy (non-hydrogen) atoms. The summed E-state index contributed by atoms with van der Waals surface area (Å²) in [6.07, 6.45) is 0. The van der Waals surface area contributed by atoms with Gasteiger partial charge in [-0.2, -0.15) is 0 Å². The van der Waals surface area contributed by atoms with Crippen LogP contribution >= 0.6 is 11.9 Å². The first kappa shape index (κ1) is 7.74. The van der Waals surface area contributed by atoms with Gasteiger partial charge in [-0.25, -0.2) is 0 Å². The highest BCUT2D eigenvalue weighted by atomic mass is 32.2. The van der Waals surface area contributed by atoms with Gasteiger partial charge in [-0.15, -0.1) is 0 Å². The standard InChI is InChI=1S/C10H11NS/c1-7-4-5-10-9(6-7)8(2)11(3)12-10/h4-6H,2H2,1,3H3. The molecule has 0 atom stereocenters. The summed E-state index contributed by atoms with van der Waals surface area (Å²) in [5.74, 6) is 0. The van der Waals surface area contributed by atoms with Crippen molar-refractivity contribution >= 4 is 17.6 Å². The van der Waals surface area contributed by atoms with E-state index >= 15 is 0 Å². The van der Waals surface area contributed by atoms with Gasteiger partial charge < -0.3 is 4.31 Å². The molecule has 1 aromatic rings. The molecular weight excluding hydrogens is 166 g/mol. The average Bonchev–Trinajstić information content (AvgIpc) is 2.31. The number of hydrogen-bond donors (Lipinski definition) is 0. The zero-order valence-corrected chi connectivity index (χ0v) is 8.11. The maximum absolute atomic E-state index is 4.02. The number of hydrogen-bond acceptors (Lipinski definition) is 2. The monoisotopic (exact) mass is 177 g/mol.